The maximum absolute atomic E-state index is 4.58. The van der Waals surface area contributed by atoms with Gasteiger partial charge in [0.25, 0.3) is 0 Å². The highest BCUT2D eigenvalue weighted by Crippen LogP contribution is 2.19. The highest BCUT2D eigenvalue weighted by molar-refractivity contribution is 8.93. The molecule has 0 fully saturated rings. The van der Waals surface area contributed by atoms with E-state index < -0.39 is 0 Å². The fourth-order valence-electron chi connectivity index (χ4n) is 1.80. The van der Waals surface area contributed by atoms with E-state index in [2.05, 4.69) is 42.4 Å². The van der Waals surface area contributed by atoms with Gasteiger partial charge in [-0.15, -0.1) is 17.0 Å². The standard InChI is InChI=1S/C14H12N2.BrH/c1-11-5-7-12(8-6-11)13-10-16-9-3-2-4-14(16)15-13;/h2-10H,1H3;1H. The van der Waals surface area contributed by atoms with E-state index >= 15 is 0 Å². The molecule has 0 bridgehead atoms. The zero-order chi connectivity index (χ0) is 11.0. The molecule has 0 aliphatic carbocycles. The Bertz CT molecular complexity index is 593. The van der Waals surface area contributed by atoms with E-state index in [1.807, 2.05) is 28.8 Å². The predicted octanol–water partition coefficient (Wildman–Crippen LogP) is 3.89. The number of halogens is 1. The van der Waals surface area contributed by atoms with E-state index in [1.165, 1.54) is 5.56 Å². The monoisotopic (exact) mass is 288 g/mol. The smallest absolute Gasteiger partial charge is 0.137 e. The van der Waals surface area contributed by atoms with E-state index in [1.54, 1.807) is 0 Å². The van der Waals surface area contributed by atoms with Crippen LogP contribution in [0.15, 0.2) is 54.9 Å². The average molecular weight is 289 g/mol. The zero-order valence-electron chi connectivity index (χ0n) is 9.50. The molecular weight excluding hydrogens is 276 g/mol. The van der Waals surface area contributed by atoms with Crippen molar-refractivity contribution < 1.29 is 0 Å². The average Bonchev–Trinajstić information content (AvgIpc) is 2.73. The third-order valence-electron chi connectivity index (χ3n) is 2.71. The van der Waals surface area contributed by atoms with E-state index in [9.17, 15) is 0 Å². The van der Waals surface area contributed by atoms with E-state index in [0.29, 0.717) is 0 Å². The third kappa shape index (κ3) is 2.24. The first-order valence-corrected chi connectivity index (χ1v) is 5.34. The Morgan fingerprint density at radius 3 is 2.47 bits per heavy atom. The van der Waals surface area contributed by atoms with Crippen molar-refractivity contribution in [2.75, 3.05) is 0 Å². The molecule has 3 aromatic rings. The molecule has 0 spiro atoms. The molecule has 3 heteroatoms. The topological polar surface area (TPSA) is 17.3 Å². The third-order valence-corrected chi connectivity index (χ3v) is 2.71. The number of hydrogen-bond donors (Lipinski definition) is 0. The number of rotatable bonds is 1. The number of aryl methyl sites for hydroxylation is 1. The van der Waals surface area contributed by atoms with Crippen LogP contribution in [0.25, 0.3) is 16.9 Å². The molecule has 3 rings (SSSR count). The molecule has 0 saturated heterocycles. The second-order valence-corrected chi connectivity index (χ2v) is 3.96. The summed E-state index contributed by atoms with van der Waals surface area (Å²) in [6.07, 6.45) is 4.07. The van der Waals surface area contributed by atoms with Crippen LogP contribution in [0.4, 0.5) is 0 Å². The molecule has 2 nitrogen and oxygen atoms in total. The lowest BCUT2D eigenvalue weighted by Crippen LogP contribution is -1.77. The van der Waals surface area contributed by atoms with Crippen LogP contribution in [0, 0.1) is 6.92 Å². The number of hydrogen-bond acceptors (Lipinski definition) is 1. The first-order valence-electron chi connectivity index (χ1n) is 5.34. The SMILES string of the molecule is Br.Cc1ccc(-c2cn3ccccc3n2)cc1. The number of benzene rings is 1. The maximum Gasteiger partial charge on any atom is 0.137 e. The van der Waals surface area contributed by atoms with Gasteiger partial charge in [0.05, 0.1) is 5.69 Å². The van der Waals surface area contributed by atoms with E-state index in [-0.39, 0.29) is 17.0 Å². The van der Waals surface area contributed by atoms with Crippen LogP contribution in [0.3, 0.4) is 0 Å². The number of nitrogens with zero attached hydrogens (tertiary/aromatic N) is 2. The second kappa shape index (κ2) is 4.72. The van der Waals surface area contributed by atoms with Crippen LogP contribution in [-0.2, 0) is 0 Å². The molecule has 2 aromatic heterocycles. The van der Waals surface area contributed by atoms with Crippen molar-refractivity contribution in [3.63, 3.8) is 0 Å². The molecule has 0 aliphatic rings. The van der Waals surface area contributed by atoms with Crippen molar-refractivity contribution in [2.24, 2.45) is 0 Å². The number of aromatic nitrogens is 2. The second-order valence-electron chi connectivity index (χ2n) is 3.96. The first kappa shape index (κ1) is 11.9. The lowest BCUT2D eigenvalue weighted by Gasteiger charge is -1.96. The largest absolute Gasteiger partial charge is 0.306 e. The minimum atomic E-state index is 0. The highest BCUT2D eigenvalue weighted by Gasteiger charge is 2.02. The van der Waals surface area contributed by atoms with Gasteiger partial charge in [0.2, 0.25) is 0 Å². The number of imidazole rings is 1. The van der Waals surface area contributed by atoms with Crippen LogP contribution in [0.5, 0.6) is 0 Å². The summed E-state index contributed by atoms with van der Waals surface area (Å²) in [5.74, 6) is 0. The van der Waals surface area contributed by atoms with Crippen LogP contribution in [0.2, 0.25) is 0 Å². The molecule has 0 N–H and O–H groups in total. The van der Waals surface area contributed by atoms with Crippen molar-refractivity contribution in [1.82, 2.24) is 9.38 Å². The normalized spacial score (nSPS) is 10.2. The van der Waals surface area contributed by atoms with Crippen LogP contribution >= 0.6 is 17.0 Å². The Morgan fingerprint density at radius 1 is 1.00 bits per heavy atom. The molecule has 0 unspecified atom stereocenters. The van der Waals surface area contributed by atoms with Gasteiger partial charge in [-0.2, -0.15) is 0 Å². The Morgan fingerprint density at radius 2 is 1.76 bits per heavy atom. The van der Waals surface area contributed by atoms with Gasteiger partial charge in [-0.1, -0.05) is 35.9 Å². The lowest BCUT2D eigenvalue weighted by atomic mass is 10.1. The Kier molecular flexibility index (Phi) is 3.29. The summed E-state index contributed by atoms with van der Waals surface area (Å²) in [6.45, 7) is 2.09. The molecule has 17 heavy (non-hydrogen) atoms. The Hall–Kier alpha value is -1.61. The molecule has 1 aromatic carbocycles. The zero-order valence-corrected chi connectivity index (χ0v) is 11.2. The first-order chi connectivity index (χ1) is 7.83. The minimum Gasteiger partial charge on any atom is -0.306 e. The van der Waals surface area contributed by atoms with Gasteiger partial charge in [0.1, 0.15) is 5.65 Å². The van der Waals surface area contributed by atoms with Crippen molar-refractivity contribution in [3.05, 3.63) is 60.4 Å². The molecule has 0 aliphatic heterocycles. The van der Waals surface area contributed by atoms with Gasteiger partial charge in [-0.3, -0.25) is 0 Å². The lowest BCUT2D eigenvalue weighted by molar-refractivity contribution is 1.19. The predicted molar refractivity (Wildman–Crippen MR) is 75.7 cm³/mol. The van der Waals surface area contributed by atoms with Crippen molar-refractivity contribution >= 4 is 22.6 Å². The van der Waals surface area contributed by atoms with E-state index in [4.69, 9.17) is 0 Å². The summed E-state index contributed by atoms with van der Waals surface area (Å²) in [5.41, 5.74) is 4.44. The summed E-state index contributed by atoms with van der Waals surface area (Å²) >= 11 is 0. The Labute approximate surface area is 111 Å². The van der Waals surface area contributed by atoms with Gasteiger partial charge >= 0.3 is 0 Å². The fraction of sp³-hybridized carbons (Fsp3) is 0.0714. The van der Waals surface area contributed by atoms with Crippen molar-refractivity contribution in [3.8, 4) is 11.3 Å². The summed E-state index contributed by atoms with van der Waals surface area (Å²) in [6, 6.07) is 14.5. The van der Waals surface area contributed by atoms with Crippen LogP contribution in [0.1, 0.15) is 5.56 Å². The molecule has 0 atom stereocenters. The molecule has 86 valence electrons. The summed E-state index contributed by atoms with van der Waals surface area (Å²) in [5, 5.41) is 0. The molecule has 0 radical (unpaired) electrons. The van der Waals surface area contributed by atoms with E-state index in [0.717, 1.165) is 16.9 Å². The van der Waals surface area contributed by atoms with Crippen molar-refractivity contribution in [1.29, 1.82) is 0 Å². The maximum atomic E-state index is 4.58. The number of pyridine rings is 1. The van der Waals surface area contributed by atoms with Gasteiger partial charge in [0.15, 0.2) is 0 Å². The van der Waals surface area contributed by atoms with Gasteiger partial charge in [0, 0.05) is 18.0 Å². The Balaban J connectivity index is 0.00000108. The molecule has 0 amide bonds. The quantitative estimate of drug-likeness (QED) is 0.664. The van der Waals surface area contributed by atoms with Gasteiger partial charge in [-0.05, 0) is 19.1 Å². The minimum absolute atomic E-state index is 0. The van der Waals surface area contributed by atoms with Gasteiger partial charge in [-0.25, -0.2) is 4.98 Å². The van der Waals surface area contributed by atoms with Crippen molar-refractivity contribution in [2.45, 2.75) is 6.92 Å². The molecule has 0 saturated carbocycles. The van der Waals surface area contributed by atoms with Crippen LogP contribution in [-0.4, -0.2) is 9.38 Å². The molecule has 2 heterocycles. The van der Waals surface area contributed by atoms with Gasteiger partial charge < -0.3 is 4.40 Å². The molecular formula is C14H13BrN2. The summed E-state index contributed by atoms with van der Waals surface area (Å²) < 4.78 is 2.04. The fourth-order valence-corrected chi connectivity index (χ4v) is 1.80. The summed E-state index contributed by atoms with van der Waals surface area (Å²) in [7, 11) is 0. The highest BCUT2D eigenvalue weighted by atomic mass is 79.9. The van der Waals surface area contributed by atoms with Crippen LogP contribution < -0.4 is 0 Å². The number of fused-ring (bicyclic) bond motifs is 1. The summed E-state index contributed by atoms with van der Waals surface area (Å²) in [4.78, 5) is 4.58.